The Bertz CT molecular complexity index is 1290. The second-order valence-corrected chi connectivity index (χ2v) is 7.70. The number of fused-ring (bicyclic) bond motifs is 1. The number of aromatic nitrogens is 4. The molecule has 2 aromatic carbocycles. The molecule has 0 aliphatic carbocycles. The summed E-state index contributed by atoms with van der Waals surface area (Å²) in [6.45, 7) is 1.19. The van der Waals surface area contributed by atoms with E-state index in [9.17, 15) is 4.79 Å². The van der Waals surface area contributed by atoms with Crippen molar-refractivity contribution in [2.45, 2.75) is 6.54 Å². The number of nitrogens with zero attached hydrogens (tertiary/aromatic N) is 5. The van der Waals surface area contributed by atoms with Crippen molar-refractivity contribution >= 4 is 5.91 Å². The van der Waals surface area contributed by atoms with Crippen LogP contribution in [-0.2, 0) is 6.54 Å². The average Bonchev–Trinajstić information content (AvgIpc) is 3.34. The number of ether oxygens (including phenoxy) is 3. The molecule has 5 rings (SSSR count). The van der Waals surface area contributed by atoms with Crippen LogP contribution in [0.25, 0.3) is 16.9 Å². The summed E-state index contributed by atoms with van der Waals surface area (Å²) in [5.41, 5.74) is 3.81. The lowest BCUT2D eigenvalue weighted by Crippen LogP contribution is -2.32. The number of benzene rings is 2. The summed E-state index contributed by atoms with van der Waals surface area (Å²) in [5, 5.41) is 12.5. The maximum Gasteiger partial charge on any atom is 0.254 e. The Morgan fingerprint density at radius 1 is 1.03 bits per heavy atom. The quantitative estimate of drug-likeness (QED) is 0.454. The van der Waals surface area contributed by atoms with Crippen molar-refractivity contribution in [3.63, 3.8) is 0 Å². The molecule has 9 nitrogen and oxygen atoms in total. The van der Waals surface area contributed by atoms with E-state index in [0.29, 0.717) is 48.3 Å². The SMILES string of the molecule is COc1ccc(-c2cc3c(c(OC)c2)OCCN(C(=O)c2ccc(-n4cccn4)cc2)C3)nn1. The zero-order chi connectivity index (χ0) is 23.5. The first-order valence-corrected chi connectivity index (χ1v) is 10.8. The van der Waals surface area contributed by atoms with Crippen LogP contribution >= 0.6 is 0 Å². The van der Waals surface area contributed by atoms with E-state index in [0.717, 1.165) is 16.8 Å². The summed E-state index contributed by atoms with van der Waals surface area (Å²) in [6.07, 6.45) is 3.58. The van der Waals surface area contributed by atoms with Crippen LogP contribution in [0.3, 0.4) is 0 Å². The molecule has 1 aliphatic rings. The maximum absolute atomic E-state index is 13.3. The van der Waals surface area contributed by atoms with Gasteiger partial charge in [-0.05, 0) is 48.5 Å². The predicted molar refractivity (Wildman–Crippen MR) is 124 cm³/mol. The summed E-state index contributed by atoms with van der Waals surface area (Å²) in [6, 6.07) is 16.6. The highest BCUT2D eigenvalue weighted by Gasteiger charge is 2.24. The van der Waals surface area contributed by atoms with Gasteiger partial charge in [-0.2, -0.15) is 5.10 Å². The van der Waals surface area contributed by atoms with Gasteiger partial charge in [-0.1, -0.05) is 0 Å². The first-order valence-electron chi connectivity index (χ1n) is 10.8. The molecular weight excluding hydrogens is 434 g/mol. The molecule has 1 amide bonds. The number of amides is 1. The first kappa shape index (κ1) is 21.4. The van der Waals surface area contributed by atoms with Gasteiger partial charge in [0.25, 0.3) is 5.91 Å². The molecule has 0 N–H and O–H groups in total. The Labute approximate surface area is 196 Å². The molecule has 0 bridgehead atoms. The van der Waals surface area contributed by atoms with E-state index < -0.39 is 0 Å². The molecule has 172 valence electrons. The third kappa shape index (κ3) is 4.15. The Balaban J connectivity index is 1.43. The molecule has 0 radical (unpaired) electrons. The van der Waals surface area contributed by atoms with Gasteiger partial charge in [-0.25, -0.2) is 4.68 Å². The minimum absolute atomic E-state index is 0.0722. The fourth-order valence-electron chi connectivity index (χ4n) is 3.90. The zero-order valence-electron chi connectivity index (χ0n) is 18.8. The molecule has 4 aromatic rings. The molecule has 0 spiro atoms. The van der Waals surface area contributed by atoms with Gasteiger partial charge in [0.1, 0.15) is 6.61 Å². The molecule has 0 saturated carbocycles. The molecule has 0 atom stereocenters. The predicted octanol–water partition coefficient (Wildman–Crippen LogP) is 3.38. The van der Waals surface area contributed by atoms with Gasteiger partial charge in [0.2, 0.25) is 5.88 Å². The van der Waals surface area contributed by atoms with Crippen LogP contribution in [0.2, 0.25) is 0 Å². The molecule has 9 heteroatoms. The normalized spacial score (nSPS) is 12.9. The van der Waals surface area contributed by atoms with Crippen molar-refractivity contribution in [3.8, 4) is 34.3 Å². The van der Waals surface area contributed by atoms with E-state index in [1.165, 1.54) is 0 Å². The van der Waals surface area contributed by atoms with Gasteiger partial charge in [0.15, 0.2) is 11.5 Å². The van der Waals surface area contributed by atoms with Crippen LogP contribution in [0.4, 0.5) is 0 Å². The number of rotatable bonds is 5. The highest BCUT2D eigenvalue weighted by Crippen LogP contribution is 2.38. The molecule has 0 unspecified atom stereocenters. The topological polar surface area (TPSA) is 91.6 Å². The van der Waals surface area contributed by atoms with Crippen molar-refractivity contribution in [1.82, 2.24) is 24.9 Å². The maximum atomic E-state index is 13.3. The lowest BCUT2D eigenvalue weighted by atomic mass is 10.0. The van der Waals surface area contributed by atoms with Gasteiger partial charge in [-0.15, -0.1) is 10.2 Å². The Morgan fingerprint density at radius 2 is 1.88 bits per heavy atom. The molecule has 0 saturated heterocycles. The van der Waals surface area contributed by atoms with Crippen molar-refractivity contribution in [2.24, 2.45) is 0 Å². The van der Waals surface area contributed by atoms with Crippen LogP contribution < -0.4 is 14.2 Å². The summed E-state index contributed by atoms with van der Waals surface area (Å²) in [5.74, 6) is 1.58. The van der Waals surface area contributed by atoms with E-state index in [4.69, 9.17) is 14.2 Å². The van der Waals surface area contributed by atoms with Crippen molar-refractivity contribution in [1.29, 1.82) is 0 Å². The summed E-state index contributed by atoms with van der Waals surface area (Å²) in [4.78, 5) is 15.1. The molecule has 1 aliphatic heterocycles. The number of hydrogen-bond acceptors (Lipinski definition) is 7. The van der Waals surface area contributed by atoms with E-state index in [1.807, 2.05) is 54.7 Å². The summed E-state index contributed by atoms with van der Waals surface area (Å²) < 4.78 is 18.4. The van der Waals surface area contributed by atoms with Gasteiger partial charge >= 0.3 is 0 Å². The van der Waals surface area contributed by atoms with E-state index >= 15 is 0 Å². The van der Waals surface area contributed by atoms with Crippen LogP contribution in [0.1, 0.15) is 15.9 Å². The van der Waals surface area contributed by atoms with Crippen LogP contribution in [0.5, 0.6) is 17.4 Å². The van der Waals surface area contributed by atoms with Gasteiger partial charge in [-0.3, -0.25) is 4.79 Å². The van der Waals surface area contributed by atoms with E-state index in [2.05, 4.69) is 15.3 Å². The van der Waals surface area contributed by atoms with Crippen LogP contribution in [0.15, 0.2) is 67.0 Å². The average molecular weight is 457 g/mol. The van der Waals surface area contributed by atoms with Crippen molar-refractivity contribution in [2.75, 3.05) is 27.4 Å². The van der Waals surface area contributed by atoms with Crippen LogP contribution in [0, 0.1) is 0 Å². The Kier molecular flexibility index (Phi) is 5.82. The second kappa shape index (κ2) is 9.22. The Hall–Kier alpha value is -4.40. The summed E-state index contributed by atoms with van der Waals surface area (Å²) in [7, 11) is 3.14. The number of hydrogen-bond donors (Lipinski definition) is 0. The monoisotopic (exact) mass is 457 g/mol. The highest BCUT2D eigenvalue weighted by atomic mass is 16.5. The van der Waals surface area contributed by atoms with Crippen molar-refractivity contribution < 1.29 is 19.0 Å². The fraction of sp³-hybridized carbons (Fsp3) is 0.200. The van der Waals surface area contributed by atoms with Gasteiger partial charge < -0.3 is 19.1 Å². The second-order valence-electron chi connectivity index (χ2n) is 7.70. The van der Waals surface area contributed by atoms with Crippen molar-refractivity contribution in [3.05, 3.63) is 78.1 Å². The molecule has 2 aromatic heterocycles. The molecular formula is C25H23N5O4. The van der Waals surface area contributed by atoms with E-state index in [-0.39, 0.29) is 5.91 Å². The molecule has 34 heavy (non-hydrogen) atoms. The number of carbonyl (C=O) groups excluding carboxylic acids is 1. The van der Waals surface area contributed by atoms with Gasteiger partial charge in [0, 0.05) is 41.7 Å². The Morgan fingerprint density at radius 3 is 2.56 bits per heavy atom. The largest absolute Gasteiger partial charge is 0.493 e. The third-order valence-electron chi connectivity index (χ3n) is 5.64. The molecule has 3 heterocycles. The van der Waals surface area contributed by atoms with E-state index in [1.54, 1.807) is 36.1 Å². The minimum Gasteiger partial charge on any atom is -0.493 e. The number of carbonyl (C=O) groups is 1. The lowest BCUT2D eigenvalue weighted by molar-refractivity contribution is 0.0733. The standard InChI is InChI=1S/C25H23N5O4/c1-32-22-15-18(21-8-9-23(33-2)28-27-21)14-19-16-29(12-13-34-24(19)22)25(31)17-4-6-20(7-5-17)30-11-3-10-26-30/h3-11,14-15H,12-13,16H2,1-2H3. The minimum atomic E-state index is -0.0722. The highest BCUT2D eigenvalue weighted by molar-refractivity contribution is 5.94. The first-order chi connectivity index (χ1) is 16.7. The fourth-order valence-corrected chi connectivity index (χ4v) is 3.90. The zero-order valence-corrected chi connectivity index (χ0v) is 18.8. The smallest absolute Gasteiger partial charge is 0.254 e. The number of methoxy groups -OCH3 is 2. The lowest BCUT2D eigenvalue weighted by Gasteiger charge is -2.20. The third-order valence-corrected chi connectivity index (χ3v) is 5.64. The van der Waals surface area contributed by atoms with Crippen LogP contribution in [-0.4, -0.2) is 58.2 Å². The summed E-state index contributed by atoms with van der Waals surface area (Å²) >= 11 is 0. The van der Waals surface area contributed by atoms with Gasteiger partial charge in [0.05, 0.1) is 32.1 Å². The molecule has 0 fully saturated rings.